The highest BCUT2D eigenvalue weighted by Crippen LogP contribution is 2.26. The molecule has 0 radical (unpaired) electrons. The Morgan fingerprint density at radius 2 is 2.29 bits per heavy atom. The molecule has 0 bridgehead atoms. The van der Waals surface area contributed by atoms with Gasteiger partial charge in [-0.05, 0) is 35.6 Å². The van der Waals surface area contributed by atoms with Gasteiger partial charge in [0, 0.05) is 8.90 Å². The maximum absolute atomic E-state index is 12.6. The molecule has 1 rings (SSSR count). The van der Waals surface area contributed by atoms with Crippen LogP contribution in [0.25, 0.3) is 0 Å². The predicted octanol–water partition coefficient (Wildman–Crippen LogP) is 3.70. The largest absolute Gasteiger partial charge is 0.462 e. The minimum absolute atomic E-state index is 0.220. The van der Waals surface area contributed by atoms with E-state index in [0.29, 0.717) is 0 Å². The monoisotopic (exact) mass is 419 g/mol. The number of alkyl halides is 3. The van der Waals surface area contributed by atoms with Crippen LogP contribution in [-0.2, 0) is 10.1 Å². The Morgan fingerprint density at radius 3 is 2.76 bits per heavy atom. The Morgan fingerprint density at radius 1 is 1.65 bits per heavy atom. The summed E-state index contributed by atoms with van der Waals surface area (Å²) >= 11 is 4.85. The van der Waals surface area contributed by atoms with Gasteiger partial charge in [0.15, 0.2) is 0 Å². The van der Waals surface area contributed by atoms with Gasteiger partial charge in [0.1, 0.15) is 5.69 Å². The standard InChI is InChI=1S/C10H9BrF2INO2/c1-2-17-10(16)5-3-6(14)8(9(12)13)15-7(5)4-11/h3,9H,2,4H2,1H3. The van der Waals surface area contributed by atoms with Crippen molar-refractivity contribution in [1.29, 1.82) is 0 Å². The maximum atomic E-state index is 12.6. The Hall–Kier alpha value is -0.310. The van der Waals surface area contributed by atoms with E-state index in [0.717, 1.165) is 0 Å². The van der Waals surface area contributed by atoms with Gasteiger partial charge >= 0.3 is 5.97 Å². The zero-order valence-electron chi connectivity index (χ0n) is 8.84. The van der Waals surface area contributed by atoms with Crippen molar-refractivity contribution >= 4 is 44.5 Å². The second-order valence-corrected chi connectivity index (χ2v) is 4.73. The molecular weight excluding hydrogens is 411 g/mol. The van der Waals surface area contributed by atoms with E-state index in [1.54, 1.807) is 29.5 Å². The zero-order chi connectivity index (χ0) is 13.0. The fourth-order valence-electron chi connectivity index (χ4n) is 1.18. The molecule has 0 aliphatic heterocycles. The van der Waals surface area contributed by atoms with Gasteiger partial charge in [-0.1, -0.05) is 15.9 Å². The Kier molecular flexibility index (Phi) is 5.71. The Balaban J connectivity index is 3.23. The maximum Gasteiger partial charge on any atom is 0.340 e. The minimum atomic E-state index is -2.66. The minimum Gasteiger partial charge on any atom is -0.462 e. The van der Waals surface area contributed by atoms with Crippen LogP contribution in [0.5, 0.6) is 0 Å². The number of carbonyl (C=O) groups is 1. The molecule has 0 fully saturated rings. The van der Waals surface area contributed by atoms with E-state index in [1.165, 1.54) is 6.07 Å². The van der Waals surface area contributed by atoms with Gasteiger partial charge in [-0.3, -0.25) is 0 Å². The van der Waals surface area contributed by atoms with Crippen molar-refractivity contribution < 1.29 is 18.3 Å². The molecule has 1 aromatic rings. The molecular formula is C10H9BrF2INO2. The second kappa shape index (κ2) is 6.58. The molecule has 0 aliphatic rings. The third kappa shape index (κ3) is 3.57. The van der Waals surface area contributed by atoms with Crippen LogP contribution in [0.15, 0.2) is 6.07 Å². The van der Waals surface area contributed by atoms with Crippen LogP contribution in [0.4, 0.5) is 8.78 Å². The lowest BCUT2D eigenvalue weighted by molar-refractivity contribution is 0.0524. The lowest BCUT2D eigenvalue weighted by Crippen LogP contribution is -2.11. The number of aromatic nitrogens is 1. The van der Waals surface area contributed by atoms with Gasteiger partial charge in [0.25, 0.3) is 6.43 Å². The summed E-state index contributed by atoms with van der Waals surface area (Å²) in [5.74, 6) is -0.548. The molecule has 0 N–H and O–H groups in total. The van der Waals surface area contributed by atoms with Gasteiger partial charge in [0.2, 0.25) is 0 Å². The quantitative estimate of drug-likeness (QED) is 0.424. The molecule has 94 valence electrons. The Bertz CT molecular complexity index is 429. The molecule has 0 aliphatic carbocycles. The van der Waals surface area contributed by atoms with Crippen molar-refractivity contribution in [1.82, 2.24) is 4.98 Å². The predicted molar refractivity (Wildman–Crippen MR) is 70.5 cm³/mol. The van der Waals surface area contributed by atoms with Gasteiger partial charge in [0.05, 0.1) is 17.9 Å². The molecule has 0 spiro atoms. The van der Waals surface area contributed by atoms with Crippen LogP contribution >= 0.6 is 38.5 Å². The van der Waals surface area contributed by atoms with Crippen molar-refractivity contribution in [3.05, 3.63) is 26.6 Å². The SMILES string of the molecule is CCOC(=O)c1cc(I)c(C(F)F)nc1CBr. The topological polar surface area (TPSA) is 39.2 Å². The number of hydrogen-bond acceptors (Lipinski definition) is 3. The van der Waals surface area contributed by atoms with E-state index in [1.807, 2.05) is 0 Å². The summed E-state index contributed by atoms with van der Waals surface area (Å²) in [5, 5.41) is 0.220. The van der Waals surface area contributed by atoms with Crippen LogP contribution in [0.3, 0.4) is 0 Å². The number of nitrogens with zero attached hydrogens (tertiary/aromatic N) is 1. The first-order chi connectivity index (χ1) is 8.01. The molecule has 0 atom stereocenters. The number of ether oxygens (including phenoxy) is 1. The summed E-state index contributed by atoms with van der Waals surface area (Å²) in [7, 11) is 0. The highest BCUT2D eigenvalue weighted by Gasteiger charge is 2.20. The molecule has 0 amide bonds. The van der Waals surface area contributed by atoms with Crippen LogP contribution in [0, 0.1) is 3.57 Å². The molecule has 17 heavy (non-hydrogen) atoms. The second-order valence-electron chi connectivity index (χ2n) is 3.00. The van der Waals surface area contributed by atoms with Crippen molar-refractivity contribution in [2.45, 2.75) is 18.7 Å². The van der Waals surface area contributed by atoms with E-state index >= 15 is 0 Å². The zero-order valence-corrected chi connectivity index (χ0v) is 12.6. The fourth-order valence-corrected chi connectivity index (χ4v) is 2.28. The number of pyridine rings is 1. The number of rotatable bonds is 4. The average Bonchev–Trinajstić information content (AvgIpc) is 2.28. The molecule has 0 aromatic carbocycles. The molecule has 0 saturated heterocycles. The van der Waals surface area contributed by atoms with Crippen LogP contribution in [-0.4, -0.2) is 17.6 Å². The van der Waals surface area contributed by atoms with Crippen LogP contribution in [0.2, 0.25) is 0 Å². The average molecular weight is 420 g/mol. The molecule has 7 heteroatoms. The van der Waals surface area contributed by atoms with Crippen molar-refractivity contribution in [3.8, 4) is 0 Å². The fraction of sp³-hybridized carbons (Fsp3) is 0.400. The van der Waals surface area contributed by atoms with Gasteiger partial charge in [-0.25, -0.2) is 18.6 Å². The third-order valence-corrected chi connectivity index (χ3v) is 3.31. The number of carbonyl (C=O) groups excluding carboxylic acids is 1. The summed E-state index contributed by atoms with van der Waals surface area (Å²) in [6, 6.07) is 1.38. The smallest absolute Gasteiger partial charge is 0.340 e. The van der Waals surface area contributed by atoms with Crippen molar-refractivity contribution in [3.63, 3.8) is 0 Å². The van der Waals surface area contributed by atoms with E-state index in [-0.39, 0.29) is 32.5 Å². The molecule has 0 saturated carbocycles. The van der Waals surface area contributed by atoms with Crippen molar-refractivity contribution in [2.75, 3.05) is 6.61 Å². The number of esters is 1. The van der Waals surface area contributed by atoms with E-state index in [9.17, 15) is 13.6 Å². The molecule has 1 aromatic heterocycles. The summed E-state index contributed by atoms with van der Waals surface area (Å²) in [6.07, 6.45) is -2.66. The number of hydrogen-bond donors (Lipinski definition) is 0. The van der Waals surface area contributed by atoms with Crippen LogP contribution in [0.1, 0.15) is 35.1 Å². The highest BCUT2D eigenvalue weighted by molar-refractivity contribution is 14.1. The normalized spacial score (nSPS) is 10.7. The number of halogens is 4. The first-order valence-electron chi connectivity index (χ1n) is 4.71. The summed E-state index contributed by atoms with van der Waals surface area (Å²) in [4.78, 5) is 15.4. The van der Waals surface area contributed by atoms with Crippen LogP contribution < -0.4 is 0 Å². The molecule has 0 unspecified atom stereocenters. The summed E-state index contributed by atoms with van der Waals surface area (Å²) in [6.45, 7) is 1.91. The lowest BCUT2D eigenvalue weighted by Gasteiger charge is -2.10. The molecule has 3 nitrogen and oxygen atoms in total. The van der Waals surface area contributed by atoms with E-state index < -0.39 is 12.4 Å². The lowest BCUT2D eigenvalue weighted by atomic mass is 10.2. The molecule has 1 heterocycles. The van der Waals surface area contributed by atoms with Gasteiger partial charge in [-0.2, -0.15) is 0 Å². The van der Waals surface area contributed by atoms with E-state index in [4.69, 9.17) is 4.74 Å². The highest BCUT2D eigenvalue weighted by atomic mass is 127. The third-order valence-electron chi connectivity index (χ3n) is 1.91. The van der Waals surface area contributed by atoms with Crippen molar-refractivity contribution in [2.24, 2.45) is 0 Å². The summed E-state index contributed by atoms with van der Waals surface area (Å²) < 4.78 is 30.3. The van der Waals surface area contributed by atoms with Gasteiger partial charge < -0.3 is 4.74 Å². The first kappa shape index (κ1) is 14.7. The first-order valence-corrected chi connectivity index (χ1v) is 6.91. The van der Waals surface area contributed by atoms with Gasteiger partial charge in [-0.15, -0.1) is 0 Å². The summed E-state index contributed by atoms with van der Waals surface area (Å²) in [5.41, 5.74) is 0.171. The Labute approximate surface area is 119 Å². The van der Waals surface area contributed by atoms with E-state index in [2.05, 4.69) is 20.9 Å².